The number of furan rings is 1. The number of carbonyl (C=O) groups excluding carboxylic acids is 2. The van der Waals surface area contributed by atoms with Gasteiger partial charge in [-0.3, -0.25) is 23.5 Å². The molecule has 2 amide bonds. The Kier molecular flexibility index (Phi) is 7.49. The summed E-state index contributed by atoms with van der Waals surface area (Å²) in [6, 6.07) is 17.1. The molecule has 2 atom stereocenters. The van der Waals surface area contributed by atoms with E-state index >= 15 is 0 Å². The van der Waals surface area contributed by atoms with Crippen LogP contribution in [0.25, 0.3) is 10.9 Å². The second kappa shape index (κ2) is 11.1. The van der Waals surface area contributed by atoms with E-state index in [4.69, 9.17) is 4.42 Å². The maximum atomic E-state index is 13.6. The fourth-order valence-electron chi connectivity index (χ4n) is 5.39. The van der Waals surface area contributed by atoms with Gasteiger partial charge in [-0.25, -0.2) is 4.79 Å². The van der Waals surface area contributed by atoms with Crippen molar-refractivity contribution in [2.75, 3.05) is 13.1 Å². The summed E-state index contributed by atoms with van der Waals surface area (Å²) in [5.41, 5.74) is 0.622. The fraction of sp³-hybridized carbons (Fsp3) is 0.333. The van der Waals surface area contributed by atoms with Gasteiger partial charge in [-0.15, -0.1) is 0 Å². The van der Waals surface area contributed by atoms with Gasteiger partial charge in [0.1, 0.15) is 12.3 Å². The molecule has 1 aliphatic rings. The normalized spacial score (nSPS) is 17.3. The van der Waals surface area contributed by atoms with Gasteiger partial charge in [-0.05, 0) is 60.2 Å². The molecule has 0 unspecified atom stereocenters. The van der Waals surface area contributed by atoms with Crippen molar-refractivity contribution < 1.29 is 14.0 Å². The molecule has 1 N–H and O–H groups in total. The molecule has 1 aliphatic heterocycles. The van der Waals surface area contributed by atoms with Crippen LogP contribution in [0.15, 0.2) is 80.9 Å². The quantitative estimate of drug-likeness (QED) is 0.396. The van der Waals surface area contributed by atoms with E-state index < -0.39 is 11.2 Å². The lowest BCUT2D eigenvalue weighted by atomic mass is 9.92. The Morgan fingerprint density at radius 1 is 0.923 bits per heavy atom. The molecule has 4 aromatic rings. The maximum absolute atomic E-state index is 13.6. The molecule has 5 rings (SSSR count). The van der Waals surface area contributed by atoms with Crippen LogP contribution in [0.1, 0.15) is 41.9 Å². The number of aromatic nitrogens is 2. The number of benzene rings is 2. The molecule has 202 valence electrons. The zero-order valence-corrected chi connectivity index (χ0v) is 22.1. The summed E-state index contributed by atoms with van der Waals surface area (Å²) in [4.78, 5) is 54.5. The van der Waals surface area contributed by atoms with Crippen LogP contribution in [0.3, 0.4) is 0 Å². The predicted octanol–water partition coefficient (Wildman–Crippen LogP) is 3.24. The van der Waals surface area contributed by atoms with E-state index in [9.17, 15) is 19.2 Å². The fourth-order valence-corrected chi connectivity index (χ4v) is 5.39. The summed E-state index contributed by atoms with van der Waals surface area (Å²) in [7, 11) is 0. The Bertz CT molecular complexity index is 1590. The molecule has 0 bridgehead atoms. The van der Waals surface area contributed by atoms with E-state index in [0.29, 0.717) is 52.7 Å². The van der Waals surface area contributed by atoms with E-state index in [0.717, 1.165) is 11.0 Å². The molecule has 0 radical (unpaired) electrons. The highest BCUT2D eigenvalue weighted by atomic mass is 16.3. The topological polar surface area (TPSA) is 107 Å². The van der Waals surface area contributed by atoms with Crippen LogP contribution in [-0.2, 0) is 24.4 Å². The average Bonchev–Trinajstić information content (AvgIpc) is 3.45. The minimum absolute atomic E-state index is 0.0166. The third kappa shape index (κ3) is 5.72. The van der Waals surface area contributed by atoms with E-state index in [1.807, 2.05) is 4.90 Å². The van der Waals surface area contributed by atoms with Crippen molar-refractivity contribution >= 4 is 22.7 Å². The molecule has 39 heavy (non-hydrogen) atoms. The number of piperidine rings is 1. The van der Waals surface area contributed by atoms with Crippen LogP contribution in [0, 0.1) is 11.8 Å². The summed E-state index contributed by atoms with van der Waals surface area (Å²) >= 11 is 0. The van der Waals surface area contributed by atoms with Crippen molar-refractivity contribution in [1.29, 1.82) is 0 Å². The van der Waals surface area contributed by atoms with Gasteiger partial charge in [0.25, 0.3) is 11.5 Å². The molecule has 1 saturated heterocycles. The van der Waals surface area contributed by atoms with Crippen molar-refractivity contribution in [3.63, 3.8) is 0 Å². The van der Waals surface area contributed by atoms with Crippen molar-refractivity contribution in [2.45, 2.75) is 39.9 Å². The number of nitrogens with one attached hydrogen (secondary N) is 1. The van der Waals surface area contributed by atoms with Gasteiger partial charge in [0.15, 0.2) is 0 Å². The molecule has 0 aliphatic carbocycles. The van der Waals surface area contributed by atoms with Crippen molar-refractivity contribution in [2.24, 2.45) is 11.8 Å². The number of nitrogens with zero attached hydrogens (tertiary/aromatic N) is 3. The molecule has 9 nitrogen and oxygen atoms in total. The highest BCUT2D eigenvalue weighted by Crippen LogP contribution is 2.21. The predicted molar refractivity (Wildman–Crippen MR) is 147 cm³/mol. The number of para-hydroxylation sites is 1. The van der Waals surface area contributed by atoms with Crippen molar-refractivity contribution in [1.82, 2.24) is 19.4 Å². The van der Waals surface area contributed by atoms with E-state index in [2.05, 4.69) is 19.2 Å². The average molecular weight is 529 g/mol. The summed E-state index contributed by atoms with van der Waals surface area (Å²) in [6.07, 6.45) is 2.62. The molecule has 2 aromatic heterocycles. The minimum Gasteiger partial charge on any atom is -0.467 e. The number of fused-ring (bicyclic) bond motifs is 1. The molecule has 3 heterocycles. The summed E-state index contributed by atoms with van der Waals surface area (Å²) in [6.45, 7) is 5.75. The summed E-state index contributed by atoms with van der Waals surface area (Å²) in [5, 5.41) is 3.16. The highest BCUT2D eigenvalue weighted by molar-refractivity contribution is 5.94. The Labute approximate surface area is 225 Å². The standard InChI is InChI=1S/C30H32N4O5/c1-20-14-21(2)17-32(16-20)27(35)19-33-26-8-4-3-7-25(26)29(37)34(30(33)38)18-22-9-11-23(12-10-22)28(36)31-15-24-6-5-13-39-24/h3-13,20-21H,14-19H2,1-2H3,(H,31,36)/t20-,21-/m1/s1. The zero-order chi connectivity index (χ0) is 27.5. The largest absolute Gasteiger partial charge is 0.467 e. The second-order valence-electron chi connectivity index (χ2n) is 10.5. The van der Waals surface area contributed by atoms with Crippen LogP contribution < -0.4 is 16.6 Å². The number of hydrogen-bond acceptors (Lipinski definition) is 5. The van der Waals surface area contributed by atoms with Gasteiger partial charge in [0, 0.05) is 18.7 Å². The number of hydrogen-bond donors (Lipinski definition) is 1. The number of likely N-dealkylation sites (tertiary alicyclic amines) is 1. The molecular weight excluding hydrogens is 496 g/mol. The summed E-state index contributed by atoms with van der Waals surface area (Å²) < 4.78 is 7.79. The first-order valence-electron chi connectivity index (χ1n) is 13.2. The molecule has 0 saturated carbocycles. The first kappa shape index (κ1) is 26.2. The highest BCUT2D eigenvalue weighted by Gasteiger charge is 2.26. The first-order chi connectivity index (χ1) is 18.8. The Morgan fingerprint density at radius 2 is 1.64 bits per heavy atom. The Hall–Kier alpha value is -4.40. The monoisotopic (exact) mass is 528 g/mol. The smallest absolute Gasteiger partial charge is 0.332 e. The number of rotatable bonds is 7. The van der Waals surface area contributed by atoms with Crippen LogP contribution in [0.4, 0.5) is 0 Å². The molecule has 2 aromatic carbocycles. The van der Waals surface area contributed by atoms with Crippen LogP contribution in [0.2, 0.25) is 0 Å². The van der Waals surface area contributed by atoms with Gasteiger partial charge in [-0.1, -0.05) is 38.1 Å². The van der Waals surface area contributed by atoms with Crippen LogP contribution >= 0.6 is 0 Å². The lowest BCUT2D eigenvalue weighted by molar-refractivity contribution is -0.134. The summed E-state index contributed by atoms with van der Waals surface area (Å²) in [5.74, 6) is 1.05. The van der Waals surface area contributed by atoms with E-state index in [-0.39, 0.29) is 31.4 Å². The third-order valence-corrected chi connectivity index (χ3v) is 7.21. The first-order valence-corrected chi connectivity index (χ1v) is 13.2. The second-order valence-corrected chi connectivity index (χ2v) is 10.5. The lowest BCUT2D eigenvalue weighted by Gasteiger charge is -2.35. The third-order valence-electron chi connectivity index (χ3n) is 7.21. The molecular formula is C30H32N4O5. The lowest BCUT2D eigenvalue weighted by Crippen LogP contribution is -2.47. The van der Waals surface area contributed by atoms with Crippen molar-refractivity contribution in [3.05, 3.63) is 105 Å². The maximum Gasteiger partial charge on any atom is 0.332 e. The Balaban J connectivity index is 1.40. The SMILES string of the molecule is C[C@@H]1C[C@@H](C)CN(C(=O)Cn2c(=O)n(Cc3ccc(C(=O)NCc4ccco4)cc3)c(=O)c3ccccc32)C1. The van der Waals surface area contributed by atoms with Gasteiger partial charge < -0.3 is 14.6 Å². The Morgan fingerprint density at radius 3 is 2.33 bits per heavy atom. The zero-order valence-electron chi connectivity index (χ0n) is 22.1. The van der Waals surface area contributed by atoms with Gasteiger partial charge >= 0.3 is 5.69 Å². The van der Waals surface area contributed by atoms with Gasteiger partial charge in [-0.2, -0.15) is 0 Å². The van der Waals surface area contributed by atoms with Crippen LogP contribution in [-0.4, -0.2) is 38.9 Å². The van der Waals surface area contributed by atoms with E-state index in [1.54, 1.807) is 66.9 Å². The van der Waals surface area contributed by atoms with Gasteiger partial charge in [0.2, 0.25) is 5.91 Å². The molecule has 1 fully saturated rings. The number of carbonyl (C=O) groups is 2. The molecule has 9 heteroatoms. The van der Waals surface area contributed by atoms with Crippen molar-refractivity contribution in [3.8, 4) is 0 Å². The minimum atomic E-state index is -0.537. The molecule has 0 spiro atoms. The number of amides is 2. The van der Waals surface area contributed by atoms with Crippen LogP contribution in [0.5, 0.6) is 0 Å². The van der Waals surface area contributed by atoms with Gasteiger partial charge in [0.05, 0.1) is 30.3 Å². The van der Waals surface area contributed by atoms with E-state index in [1.165, 1.54) is 4.57 Å².